The van der Waals surface area contributed by atoms with Crippen LogP contribution in [0.2, 0.25) is 0 Å². The maximum absolute atomic E-state index is 6.14. The lowest BCUT2D eigenvalue weighted by atomic mass is 9.90. The van der Waals surface area contributed by atoms with Gasteiger partial charge in [-0.05, 0) is 61.9 Å². The van der Waals surface area contributed by atoms with Crippen molar-refractivity contribution < 1.29 is 0 Å². The average molecular weight is 191 g/mol. The summed E-state index contributed by atoms with van der Waals surface area (Å²) in [6.07, 6.45) is 2.26. The first kappa shape index (κ1) is 11.1. The van der Waals surface area contributed by atoms with Gasteiger partial charge in [0.15, 0.2) is 0 Å². The van der Waals surface area contributed by atoms with Crippen molar-refractivity contribution in [3.05, 3.63) is 27.8 Å². The summed E-state index contributed by atoms with van der Waals surface area (Å²) >= 11 is 0. The first-order valence-corrected chi connectivity index (χ1v) is 5.35. The molecule has 1 nitrogen and oxygen atoms in total. The summed E-state index contributed by atoms with van der Waals surface area (Å²) in [5, 5.41) is 0. The molecule has 2 N–H and O–H groups in total. The predicted octanol–water partition coefficient (Wildman–Crippen LogP) is 3.45. The molecule has 0 radical (unpaired) electrons. The van der Waals surface area contributed by atoms with Crippen LogP contribution in [0, 0.1) is 27.7 Å². The van der Waals surface area contributed by atoms with Crippen LogP contribution < -0.4 is 5.73 Å². The third-order valence-electron chi connectivity index (χ3n) is 3.37. The van der Waals surface area contributed by atoms with Gasteiger partial charge in [-0.15, -0.1) is 0 Å². The van der Waals surface area contributed by atoms with E-state index in [1.54, 1.807) is 0 Å². The van der Waals surface area contributed by atoms with E-state index in [4.69, 9.17) is 5.73 Å². The highest BCUT2D eigenvalue weighted by Gasteiger charge is 2.11. The molecule has 0 aliphatic rings. The Hall–Kier alpha value is -0.980. The second-order valence-electron chi connectivity index (χ2n) is 4.14. The van der Waals surface area contributed by atoms with Crippen LogP contribution in [0.5, 0.6) is 0 Å². The molecule has 0 aromatic heterocycles. The maximum atomic E-state index is 6.14. The third kappa shape index (κ3) is 1.63. The van der Waals surface area contributed by atoms with Crippen molar-refractivity contribution in [2.24, 2.45) is 0 Å². The topological polar surface area (TPSA) is 26.0 Å². The second-order valence-corrected chi connectivity index (χ2v) is 4.14. The molecule has 1 aromatic carbocycles. The van der Waals surface area contributed by atoms with Crippen molar-refractivity contribution in [1.29, 1.82) is 0 Å². The Morgan fingerprint density at radius 3 is 1.86 bits per heavy atom. The number of nitrogen functional groups attached to an aromatic ring is 1. The van der Waals surface area contributed by atoms with Crippen molar-refractivity contribution in [3.8, 4) is 0 Å². The van der Waals surface area contributed by atoms with Gasteiger partial charge in [0.05, 0.1) is 0 Å². The van der Waals surface area contributed by atoms with Crippen molar-refractivity contribution in [2.75, 3.05) is 5.73 Å². The van der Waals surface area contributed by atoms with Gasteiger partial charge in [-0.25, -0.2) is 0 Å². The van der Waals surface area contributed by atoms with Crippen molar-refractivity contribution in [2.45, 2.75) is 47.5 Å². The summed E-state index contributed by atoms with van der Waals surface area (Å²) < 4.78 is 0. The lowest BCUT2D eigenvalue weighted by molar-refractivity contribution is 0.908. The molecule has 0 atom stereocenters. The molecular formula is C13H21N. The summed E-state index contributed by atoms with van der Waals surface area (Å²) in [5.74, 6) is 0. The minimum absolute atomic E-state index is 1.01. The van der Waals surface area contributed by atoms with E-state index >= 15 is 0 Å². The molecule has 0 amide bonds. The average Bonchev–Trinajstić information content (AvgIpc) is 2.19. The number of nitrogens with two attached hydrogens (primary N) is 1. The molecule has 0 saturated carbocycles. The van der Waals surface area contributed by atoms with Gasteiger partial charge in [0.25, 0.3) is 0 Å². The SMILES string of the molecule is CCCc1c(C)c(C)c(C)c(C)c1N. The molecule has 0 spiro atoms. The third-order valence-corrected chi connectivity index (χ3v) is 3.37. The molecule has 78 valence electrons. The number of benzene rings is 1. The molecule has 0 saturated heterocycles. The highest BCUT2D eigenvalue weighted by molar-refractivity contribution is 5.62. The van der Waals surface area contributed by atoms with Crippen LogP contribution in [0.1, 0.15) is 41.2 Å². The minimum Gasteiger partial charge on any atom is -0.398 e. The van der Waals surface area contributed by atoms with E-state index in [9.17, 15) is 0 Å². The largest absolute Gasteiger partial charge is 0.398 e. The molecule has 1 aromatic rings. The Kier molecular flexibility index (Phi) is 3.20. The number of anilines is 1. The summed E-state index contributed by atoms with van der Waals surface area (Å²) in [7, 11) is 0. The van der Waals surface area contributed by atoms with Gasteiger partial charge in [0.2, 0.25) is 0 Å². The Balaban J connectivity index is 3.43. The van der Waals surface area contributed by atoms with E-state index in [0.29, 0.717) is 0 Å². The Morgan fingerprint density at radius 2 is 1.36 bits per heavy atom. The fourth-order valence-electron chi connectivity index (χ4n) is 1.99. The van der Waals surface area contributed by atoms with E-state index in [-0.39, 0.29) is 0 Å². The summed E-state index contributed by atoms with van der Waals surface area (Å²) in [4.78, 5) is 0. The van der Waals surface area contributed by atoms with E-state index in [0.717, 1.165) is 18.5 Å². The Labute approximate surface area is 87.3 Å². The van der Waals surface area contributed by atoms with Crippen molar-refractivity contribution in [1.82, 2.24) is 0 Å². The first-order chi connectivity index (χ1) is 6.50. The van der Waals surface area contributed by atoms with Crippen molar-refractivity contribution in [3.63, 3.8) is 0 Å². The van der Waals surface area contributed by atoms with E-state index < -0.39 is 0 Å². The van der Waals surface area contributed by atoms with Crippen LogP contribution in [0.4, 0.5) is 5.69 Å². The smallest absolute Gasteiger partial charge is 0.0381 e. The lowest BCUT2D eigenvalue weighted by Crippen LogP contribution is -2.05. The van der Waals surface area contributed by atoms with Gasteiger partial charge in [-0.3, -0.25) is 0 Å². The highest BCUT2D eigenvalue weighted by atomic mass is 14.6. The zero-order chi connectivity index (χ0) is 10.9. The Morgan fingerprint density at radius 1 is 0.857 bits per heavy atom. The van der Waals surface area contributed by atoms with Crippen molar-refractivity contribution >= 4 is 5.69 Å². The summed E-state index contributed by atoms with van der Waals surface area (Å²) in [6, 6.07) is 0. The molecule has 0 fully saturated rings. The van der Waals surface area contributed by atoms with Gasteiger partial charge in [-0.1, -0.05) is 13.3 Å². The normalized spacial score (nSPS) is 10.6. The summed E-state index contributed by atoms with van der Waals surface area (Å²) in [5.41, 5.74) is 13.9. The van der Waals surface area contributed by atoms with Gasteiger partial charge in [0.1, 0.15) is 0 Å². The number of hydrogen-bond acceptors (Lipinski definition) is 1. The van der Waals surface area contributed by atoms with Gasteiger partial charge in [0, 0.05) is 5.69 Å². The molecule has 0 bridgehead atoms. The predicted molar refractivity (Wildman–Crippen MR) is 63.8 cm³/mol. The lowest BCUT2D eigenvalue weighted by Gasteiger charge is -2.17. The van der Waals surface area contributed by atoms with Gasteiger partial charge < -0.3 is 5.73 Å². The molecule has 0 aliphatic heterocycles. The van der Waals surface area contributed by atoms with E-state index in [1.165, 1.54) is 27.8 Å². The minimum atomic E-state index is 1.01. The summed E-state index contributed by atoms with van der Waals surface area (Å²) in [6.45, 7) is 10.9. The molecule has 1 heteroatoms. The zero-order valence-electron chi connectivity index (χ0n) is 9.99. The number of rotatable bonds is 2. The second kappa shape index (κ2) is 4.04. The number of hydrogen-bond donors (Lipinski definition) is 1. The van der Waals surface area contributed by atoms with Crippen LogP contribution >= 0.6 is 0 Å². The standard InChI is InChI=1S/C13H21N/c1-6-7-12-10(4)8(2)9(3)11(5)13(12)14/h6-7,14H2,1-5H3. The van der Waals surface area contributed by atoms with Crippen LogP contribution in [0.3, 0.4) is 0 Å². The maximum Gasteiger partial charge on any atom is 0.0381 e. The molecular weight excluding hydrogens is 170 g/mol. The van der Waals surface area contributed by atoms with Crippen LogP contribution in [-0.2, 0) is 6.42 Å². The first-order valence-electron chi connectivity index (χ1n) is 5.35. The Bertz CT molecular complexity index is 322. The van der Waals surface area contributed by atoms with Crippen LogP contribution in [0.25, 0.3) is 0 Å². The van der Waals surface area contributed by atoms with E-state index in [2.05, 4.69) is 34.6 Å². The molecule has 14 heavy (non-hydrogen) atoms. The monoisotopic (exact) mass is 191 g/mol. The quantitative estimate of drug-likeness (QED) is 0.712. The van der Waals surface area contributed by atoms with Gasteiger partial charge in [-0.2, -0.15) is 0 Å². The molecule has 1 rings (SSSR count). The van der Waals surface area contributed by atoms with Gasteiger partial charge >= 0.3 is 0 Å². The molecule has 0 aliphatic carbocycles. The van der Waals surface area contributed by atoms with Crippen LogP contribution in [-0.4, -0.2) is 0 Å². The molecule has 0 unspecified atom stereocenters. The van der Waals surface area contributed by atoms with E-state index in [1.807, 2.05) is 0 Å². The van der Waals surface area contributed by atoms with Crippen LogP contribution in [0.15, 0.2) is 0 Å². The fourth-order valence-corrected chi connectivity index (χ4v) is 1.99. The molecule has 0 heterocycles. The highest BCUT2D eigenvalue weighted by Crippen LogP contribution is 2.29. The fraction of sp³-hybridized carbons (Fsp3) is 0.538. The zero-order valence-corrected chi connectivity index (χ0v) is 9.99.